The van der Waals surface area contributed by atoms with Crippen molar-refractivity contribution >= 4 is 15.7 Å². The fraction of sp³-hybridized carbons (Fsp3) is 0.438. The van der Waals surface area contributed by atoms with Crippen LogP contribution in [0.4, 0.5) is 4.39 Å². The summed E-state index contributed by atoms with van der Waals surface area (Å²) in [6, 6.07) is 4.52. The van der Waals surface area contributed by atoms with E-state index in [-0.39, 0.29) is 35.4 Å². The molecule has 26 heavy (non-hydrogen) atoms. The molecule has 1 amide bonds. The van der Waals surface area contributed by atoms with Crippen molar-refractivity contribution in [2.45, 2.75) is 23.5 Å². The van der Waals surface area contributed by atoms with Gasteiger partial charge in [0, 0.05) is 25.9 Å². The lowest BCUT2D eigenvalue weighted by Gasteiger charge is -2.26. The molecular weight excluding hydrogens is 365 g/mol. The first kappa shape index (κ1) is 18.5. The summed E-state index contributed by atoms with van der Waals surface area (Å²) in [5.41, 5.74) is 0. The summed E-state index contributed by atoms with van der Waals surface area (Å²) < 4.78 is 47.7. The molecule has 0 bridgehead atoms. The maximum atomic E-state index is 12.9. The Morgan fingerprint density at radius 3 is 2.58 bits per heavy atom. The number of benzene rings is 1. The zero-order valence-corrected chi connectivity index (χ0v) is 14.7. The molecule has 0 unspecified atom stereocenters. The number of amides is 1. The quantitative estimate of drug-likeness (QED) is 0.685. The first-order valence-electron chi connectivity index (χ1n) is 8.09. The number of aromatic nitrogens is 2. The van der Waals surface area contributed by atoms with Gasteiger partial charge in [0.15, 0.2) is 15.7 Å². The zero-order valence-electron chi connectivity index (χ0n) is 13.9. The Kier molecular flexibility index (Phi) is 5.62. The molecule has 0 N–H and O–H groups in total. The van der Waals surface area contributed by atoms with Crippen LogP contribution in [-0.2, 0) is 31.5 Å². The molecule has 1 saturated heterocycles. The van der Waals surface area contributed by atoms with Crippen molar-refractivity contribution in [1.29, 1.82) is 0 Å². The van der Waals surface area contributed by atoms with Gasteiger partial charge in [-0.2, -0.15) is 4.98 Å². The van der Waals surface area contributed by atoms with Crippen LogP contribution in [0.15, 0.2) is 33.7 Å². The predicted octanol–water partition coefficient (Wildman–Crippen LogP) is 0.974. The Morgan fingerprint density at radius 2 is 1.88 bits per heavy atom. The van der Waals surface area contributed by atoms with Crippen molar-refractivity contribution in [3.8, 4) is 0 Å². The van der Waals surface area contributed by atoms with Crippen LogP contribution in [0.3, 0.4) is 0 Å². The Morgan fingerprint density at radius 1 is 1.19 bits per heavy atom. The Bertz CT molecular complexity index is 860. The van der Waals surface area contributed by atoms with Gasteiger partial charge in [-0.25, -0.2) is 12.8 Å². The van der Waals surface area contributed by atoms with Crippen LogP contribution in [-0.4, -0.2) is 55.7 Å². The highest BCUT2D eigenvalue weighted by Crippen LogP contribution is 2.16. The van der Waals surface area contributed by atoms with Gasteiger partial charge < -0.3 is 14.2 Å². The Balaban J connectivity index is 1.57. The second-order valence-electron chi connectivity index (χ2n) is 5.81. The molecule has 0 atom stereocenters. The van der Waals surface area contributed by atoms with Gasteiger partial charge in [0.05, 0.1) is 18.1 Å². The van der Waals surface area contributed by atoms with E-state index in [1.807, 2.05) is 0 Å². The molecule has 8 nitrogen and oxygen atoms in total. The summed E-state index contributed by atoms with van der Waals surface area (Å²) in [4.78, 5) is 17.8. The summed E-state index contributed by atoms with van der Waals surface area (Å²) in [5.74, 6) is -0.804. The summed E-state index contributed by atoms with van der Waals surface area (Å²) in [6.45, 7) is 2.17. The molecule has 2 aromatic rings. The van der Waals surface area contributed by atoms with Crippen LogP contribution in [0.2, 0.25) is 0 Å². The smallest absolute Gasteiger partial charge is 0.227 e. The molecule has 3 rings (SSSR count). The Hall–Kier alpha value is -2.33. The average molecular weight is 383 g/mol. The van der Waals surface area contributed by atoms with Crippen LogP contribution in [0, 0.1) is 5.82 Å². The molecule has 140 valence electrons. The minimum Gasteiger partial charge on any atom is -0.378 e. The molecule has 1 aliphatic rings. The molecule has 10 heteroatoms. The molecule has 1 aromatic carbocycles. The number of ether oxygens (including phenoxy) is 1. The van der Waals surface area contributed by atoms with E-state index in [0.717, 1.165) is 12.1 Å². The van der Waals surface area contributed by atoms with Gasteiger partial charge in [-0.05, 0) is 24.3 Å². The maximum Gasteiger partial charge on any atom is 0.227 e. The van der Waals surface area contributed by atoms with E-state index in [1.54, 1.807) is 4.90 Å². The van der Waals surface area contributed by atoms with Crippen LogP contribution < -0.4 is 0 Å². The van der Waals surface area contributed by atoms with E-state index in [4.69, 9.17) is 9.26 Å². The lowest BCUT2D eigenvalue weighted by molar-refractivity contribution is -0.135. The minimum absolute atomic E-state index is 0.00291. The summed E-state index contributed by atoms with van der Waals surface area (Å²) >= 11 is 0. The van der Waals surface area contributed by atoms with Crippen molar-refractivity contribution in [3.05, 3.63) is 41.8 Å². The fourth-order valence-electron chi connectivity index (χ4n) is 2.53. The van der Waals surface area contributed by atoms with Crippen molar-refractivity contribution in [1.82, 2.24) is 15.0 Å². The first-order valence-corrected chi connectivity index (χ1v) is 9.74. The van der Waals surface area contributed by atoms with Crippen LogP contribution in [0.1, 0.15) is 18.1 Å². The largest absolute Gasteiger partial charge is 0.378 e. The molecule has 0 saturated carbocycles. The third-order valence-corrected chi connectivity index (χ3v) is 5.55. The highest BCUT2D eigenvalue weighted by Gasteiger charge is 2.21. The number of sulfone groups is 1. The predicted molar refractivity (Wildman–Crippen MR) is 87.3 cm³/mol. The lowest BCUT2D eigenvalue weighted by Crippen LogP contribution is -2.40. The summed E-state index contributed by atoms with van der Waals surface area (Å²) in [5, 5.41) is 3.65. The highest BCUT2D eigenvalue weighted by molar-refractivity contribution is 7.90. The van der Waals surface area contributed by atoms with Crippen LogP contribution in [0.5, 0.6) is 0 Å². The number of rotatable bonds is 6. The number of morpholine rings is 1. The Labute approximate surface area is 149 Å². The number of hydrogen-bond donors (Lipinski definition) is 0. The van der Waals surface area contributed by atoms with Crippen LogP contribution >= 0.6 is 0 Å². The zero-order chi connectivity index (χ0) is 18.6. The van der Waals surface area contributed by atoms with E-state index in [1.165, 1.54) is 12.1 Å². The van der Waals surface area contributed by atoms with E-state index >= 15 is 0 Å². The number of hydrogen-bond acceptors (Lipinski definition) is 7. The number of nitrogens with zero attached hydrogens (tertiary/aromatic N) is 3. The summed E-state index contributed by atoms with van der Waals surface area (Å²) in [6.07, 6.45) is 0.437. The highest BCUT2D eigenvalue weighted by atomic mass is 32.2. The van der Waals surface area contributed by atoms with Crippen molar-refractivity contribution in [2.24, 2.45) is 0 Å². The third kappa shape index (κ3) is 4.64. The van der Waals surface area contributed by atoms with Gasteiger partial charge >= 0.3 is 0 Å². The van der Waals surface area contributed by atoms with Crippen molar-refractivity contribution in [2.75, 3.05) is 26.3 Å². The minimum atomic E-state index is -3.71. The standard InChI is InChI=1S/C16H18FN3O5S/c17-12-1-3-13(4-2-12)26(22,23)11-14-18-15(25-19-14)5-6-16(21)20-7-9-24-10-8-20/h1-4H,5-11H2. The van der Waals surface area contributed by atoms with Gasteiger partial charge in [0.2, 0.25) is 11.8 Å². The molecule has 1 aromatic heterocycles. The molecule has 1 aliphatic heterocycles. The van der Waals surface area contributed by atoms with Crippen LogP contribution in [0.25, 0.3) is 0 Å². The molecule has 0 spiro atoms. The third-order valence-electron chi connectivity index (χ3n) is 3.92. The van der Waals surface area contributed by atoms with E-state index < -0.39 is 21.4 Å². The van der Waals surface area contributed by atoms with Gasteiger partial charge in [0.25, 0.3) is 0 Å². The topological polar surface area (TPSA) is 103 Å². The van der Waals surface area contributed by atoms with E-state index in [0.29, 0.717) is 26.3 Å². The number of carbonyl (C=O) groups is 1. The van der Waals surface area contributed by atoms with Gasteiger partial charge in [-0.15, -0.1) is 0 Å². The number of halogens is 1. The number of aryl methyl sites for hydroxylation is 1. The molecule has 0 aliphatic carbocycles. The second-order valence-corrected chi connectivity index (χ2v) is 7.80. The number of carbonyl (C=O) groups excluding carboxylic acids is 1. The fourth-order valence-corrected chi connectivity index (χ4v) is 3.70. The normalized spacial score (nSPS) is 15.2. The van der Waals surface area contributed by atoms with E-state index in [2.05, 4.69) is 10.1 Å². The van der Waals surface area contributed by atoms with Gasteiger partial charge in [0.1, 0.15) is 11.6 Å². The molecule has 2 heterocycles. The molecular formula is C16H18FN3O5S. The average Bonchev–Trinajstić information content (AvgIpc) is 3.07. The SMILES string of the molecule is O=C(CCc1nc(CS(=O)(=O)c2ccc(F)cc2)no1)N1CCOCC1. The van der Waals surface area contributed by atoms with Gasteiger partial charge in [-0.3, -0.25) is 4.79 Å². The first-order chi connectivity index (χ1) is 12.4. The maximum absolute atomic E-state index is 12.9. The molecule has 1 fully saturated rings. The van der Waals surface area contributed by atoms with Gasteiger partial charge in [-0.1, -0.05) is 5.16 Å². The second kappa shape index (κ2) is 7.92. The molecule has 0 radical (unpaired) electrons. The monoisotopic (exact) mass is 383 g/mol. The van der Waals surface area contributed by atoms with Crippen molar-refractivity contribution in [3.63, 3.8) is 0 Å². The summed E-state index contributed by atoms with van der Waals surface area (Å²) in [7, 11) is -3.71. The van der Waals surface area contributed by atoms with E-state index in [9.17, 15) is 17.6 Å². The lowest BCUT2D eigenvalue weighted by atomic mass is 10.2. The van der Waals surface area contributed by atoms with Crippen molar-refractivity contribution < 1.29 is 26.9 Å².